The molecule has 1 aromatic heterocycles. The molecular weight excluding hydrogens is 270 g/mol. The molecule has 0 radical (unpaired) electrons. The fourth-order valence-electron chi connectivity index (χ4n) is 3.54. The molecule has 1 aliphatic heterocycles. The van der Waals surface area contributed by atoms with Crippen molar-refractivity contribution in [1.29, 1.82) is 0 Å². The van der Waals surface area contributed by atoms with E-state index < -0.39 is 0 Å². The number of nitrogens with zero attached hydrogens (tertiary/aromatic N) is 1. The van der Waals surface area contributed by atoms with Crippen molar-refractivity contribution in [1.82, 2.24) is 4.90 Å². The molecule has 0 N–H and O–H groups in total. The molecule has 108 valence electrons. The van der Waals surface area contributed by atoms with Crippen molar-refractivity contribution < 1.29 is 9.59 Å². The SMILES string of the molecule is CCc1ccc(C(=O)N2CCCC2C2CCCC2=O)s1. The minimum absolute atomic E-state index is 0.104. The molecule has 3 nitrogen and oxygen atoms in total. The summed E-state index contributed by atoms with van der Waals surface area (Å²) in [6.45, 7) is 2.92. The Balaban J connectivity index is 1.77. The fourth-order valence-corrected chi connectivity index (χ4v) is 4.44. The highest BCUT2D eigenvalue weighted by Crippen LogP contribution is 2.34. The van der Waals surface area contributed by atoms with Crippen molar-refractivity contribution in [2.24, 2.45) is 5.92 Å². The second kappa shape index (κ2) is 5.68. The maximum atomic E-state index is 12.7. The Hall–Kier alpha value is -1.16. The zero-order valence-electron chi connectivity index (χ0n) is 11.9. The number of ketones is 1. The first-order valence-corrected chi connectivity index (χ1v) is 8.44. The van der Waals surface area contributed by atoms with Crippen molar-refractivity contribution in [2.45, 2.75) is 51.5 Å². The van der Waals surface area contributed by atoms with Gasteiger partial charge in [0.15, 0.2) is 0 Å². The van der Waals surface area contributed by atoms with Crippen LogP contribution >= 0.6 is 11.3 Å². The summed E-state index contributed by atoms with van der Waals surface area (Å²) in [5.74, 6) is 0.610. The Morgan fingerprint density at radius 3 is 2.85 bits per heavy atom. The van der Waals surface area contributed by atoms with Crippen molar-refractivity contribution in [3.63, 3.8) is 0 Å². The first-order chi connectivity index (χ1) is 9.70. The van der Waals surface area contributed by atoms with Crippen molar-refractivity contribution >= 4 is 23.0 Å². The molecule has 2 atom stereocenters. The van der Waals surface area contributed by atoms with Gasteiger partial charge < -0.3 is 4.90 Å². The third kappa shape index (κ3) is 2.41. The molecule has 2 heterocycles. The van der Waals surface area contributed by atoms with Crippen LogP contribution in [0.3, 0.4) is 0 Å². The average molecular weight is 291 g/mol. The van der Waals surface area contributed by atoms with Crippen LogP contribution in [0.1, 0.15) is 53.6 Å². The average Bonchev–Trinajstić information content (AvgIpc) is 3.17. The van der Waals surface area contributed by atoms with Gasteiger partial charge >= 0.3 is 0 Å². The number of hydrogen-bond acceptors (Lipinski definition) is 3. The molecule has 1 amide bonds. The maximum absolute atomic E-state index is 12.7. The van der Waals surface area contributed by atoms with Gasteiger partial charge in [-0.1, -0.05) is 6.92 Å². The third-order valence-corrected chi connectivity index (χ3v) is 5.81. The Morgan fingerprint density at radius 2 is 2.20 bits per heavy atom. The summed E-state index contributed by atoms with van der Waals surface area (Å²) in [6.07, 6.45) is 5.68. The molecule has 1 aromatic rings. The molecular formula is C16H21NO2S. The fraction of sp³-hybridized carbons (Fsp3) is 0.625. The first-order valence-electron chi connectivity index (χ1n) is 7.63. The highest BCUT2D eigenvalue weighted by molar-refractivity contribution is 7.14. The molecule has 20 heavy (non-hydrogen) atoms. The van der Waals surface area contributed by atoms with E-state index in [0.29, 0.717) is 12.2 Å². The van der Waals surface area contributed by atoms with Gasteiger partial charge in [0, 0.05) is 29.8 Å². The van der Waals surface area contributed by atoms with Gasteiger partial charge in [-0.2, -0.15) is 0 Å². The molecule has 1 saturated heterocycles. The number of Topliss-reactive ketones (excluding diaryl/α,β-unsaturated/α-hetero) is 1. The highest BCUT2D eigenvalue weighted by atomic mass is 32.1. The van der Waals surface area contributed by atoms with Gasteiger partial charge in [0.25, 0.3) is 5.91 Å². The van der Waals surface area contributed by atoms with Crippen LogP contribution in [0.2, 0.25) is 0 Å². The van der Waals surface area contributed by atoms with Gasteiger partial charge in [-0.3, -0.25) is 9.59 Å². The van der Waals surface area contributed by atoms with Crippen LogP contribution < -0.4 is 0 Å². The lowest BCUT2D eigenvalue weighted by Crippen LogP contribution is -2.41. The van der Waals surface area contributed by atoms with E-state index in [9.17, 15) is 9.59 Å². The zero-order valence-corrected chi connectivity index (χ0v) is 12.7. The van der Waals surface area contributed by atoms with Gasteiger partial charge in [-0.15, -0.1) is 11.3 Å². The standard InChI is InChI=1S/C16H21NO2S/c1-2-11-8-9-15(20-11)16(19)17-10-4-6-13(17)12-5-3-7-14(12)18/h8-9,12-13H,2-7,10H2,1H3. The largest absolute Gasteiger partial charge is 0.334 e. The lowest BCUT2D eigenvalue weighted by atomic mass is 9.95. The van der Waals surface area contributed by atoms with Gasteiger partial charge in [0.05, 0.1) is 4.88 Å². The molecule has 0 bridgehead atoms. The molecule has 4 heteroatoms. The van der Waals surface area contributed by atoms with Crippen molar-refractivity contribution in [3.05, 3.63) is 21.9 Å². The monoisotopic (exact) mass is 291 g/mol. The van der Waals surface area contributed by atoms with Gasteiger partial charge in [0.1, 0.15) is 5.78 Å². The normalized spacial score (nSPS) is 26.4. The summed E-state index contributed by atoms with van der Waals surface area (Å²) in [5.41, 5.74) is 0. The summed E-state index contributed by atoms with van der Waals surface area (Å²) < 4.78 is 0. The minimum atomic E-state index is 0.104. The van der Waals surface area contributed by atoms with Crippen LogP contribution in [0, 0.1) is 5.92 Å². The predicted octanol–water partition coefficient (Wildman–Crippen LogP) is 3.28. The summed E-state index contributed by atoms with van der Waals surface area (Å²) >= 11 is 1.60. The number of likely N-dealkylation sites (tertiary alicyclic amines) is 1. The highest BCUT2D eigenvalue weighted by Gasteiger charge is 2.40. The molecule has 2 fully saturated rings. The summed E-state index contributed by atoms with van der Waals surface area (Å²) in [7, 11) is 0. The third-order valence-electron chi connectivity index (χ3n) is 4.60. The summed E-state index contributed by atoms with van der Waals surface area (Å²) in [6, 6.07) is 4.14. The van der Waals surface area contributed by atoms with Gasteiger partial charge in [-0.25, -0.2) is 0 Å². The number of rotatable bonds is 3. The first kappa shape index (κ1) is 13.8. The van der Waals surface area contributed by atoms with Crippen molar-refractivity contribution in [2.75, 3.05) is 6.54 Å². The van der Waals surface area contributed by atoms with E-state index in [2.05, 4.69) is 6.92 Å². The smallest absolute Gasteiger partial charge is 0.264 e. The molecule has 2 unspecified atom stereocenters. The van der Waals surface area contributed by atoms with E-state index in [1.54, 1.807) is 11.3 Å². The van der Waals surface area contributed by atoms with E-state index in [1.165, 1.54) is 4.88 Å². The Morgan fingerprint density at radius 1 is 1.35 bits per heavy atom. The molecule has 0 spiro atoms. The van der Waals surface area contributed by atoms with E-state index in [1.807, 2.05) is 17.0 Å². The Kier molecular flexibility index (Phi) is 3.92. The van der Waals surface area contributed by atoms with Crippen LogP contribution in [-0.4, -0.2) is 29.2 Å². The second-order valence-electron chi connectivity index (χ2n) is 5.79. The van der Waals surface area contributed by atoms with Gasteiger partial charge in [-0.05, 0) is 44.2 Å². The topological polar surface area (TPSA) is 37.4 Å². The number of hydrogen-bond donors (Lipinski definition) is 0. The lowest BCUT2D eigenvalue weighted by molar-refractivity contribution is -0.121. The van der Waals surface area contributed by atoms with Crippen molar-refractivity contribution in [3.8, 4) is 0 Å². The van der Waals surface area contributed by atoms with Crippen LogP contribution in [0.25, 0.3) is 0 Å². The van der Waals surface area contributed by atoms with Crippen LogP contribution in [-0.2, 0) is 11.2 Å². The lowest BCUT2D eigenvalue weighted by Gasteiger charge is -2.28. The number of carbonyl (C=O) groups is 2. The molecule has 0 aromatic carbocycles. The molecule has 1 aliphatic carbocycles. The van der Waals surface area contributed by atoms with Crippen LogP contribution in [0.4, 0.5) is 0 Å². The quantitative estimate of drug-likeness (QED) is 0.857. The van der Waals surface area contributed by atoms with Crippen LogP contribution in [0.15, 0.2) is 12.1 Å². The van der Waals surface area contributed by atoms with E-state index in [-0.39, 0.29) is 17.9 Å². The number of carbonyl (C=O) groups excluding carboxylic acids is 2. The minimum Gasteiger partial charge on any atom is -0.334 e. The summed E-state index contributed by atoms with van der Waals surface area (Å²) in [4.78, 5) is 28.7. The maximum Gasteiger partial charge on any atom is 0.264 e. The number of amides is 1. The van der Waals surface area contributed by atoms with E-state index in [0.717, 1.165) is 43.5 Å². The predicted molar refractivity (Wildman–Crippen MR) is 80.1 cm³/mol. The van der Waals surface area contributed by atoms with E-state index in [4.69, 9.17) is 0 Å². The second-order valence-corrected chi connectivity index (χ2v) is 6.96. The van der Waals surface area contributed by atoms with Crippen LogP contribution in [0.5, 0.6) is 0 Å². The molecule has 3 rings (SSSR count). The number of thiophene rings is 1. The zero-order chi connectivity index (χ0) is 14.1. The van der Waals surface area contributed by atoms with E-state index >= 15 is 0 Å². The van der Waals surface area contributed by atoms with Gasteiger partial charge in [0.2, 0.25) is 0 Å². The number of aryl methyl sites for hydroxylation is 1. The Bertz CT molecular complexity index is 522. The Labute approximate surface area is 124 Å². The summed E-state index contributed by atoms with van der Waals surface area (Å²) in [5, 5.41) is 0. The molecule has 2 aliphatic rings. The molecule has 1 saturated carbocycles.